The third-order valence-corrected chi connectivity index (χ3v) is 6.10. The molecule has 0 radical (unpaired) electrons. The van der Waals surface area contributed by atoms with Gasteiger partial charge >= 0.3 is 155 Å². The fourth-order valence-electron chi connectivity index (χ4n) is 2.56. The second-order valence-corrected chi connectivity index (χ2v) is 8.08. The first-order valence-corrected chi connectivity index (χ1v) is 10.5. The molecule has 0 atom stereocenters. The van der Waals surface area contributed by atoms with Crippen molar-refractivity contribution in [2.75, 3.05) is 6.54 Å². The third kappa shape index (κ3) is 5.06. The molecule has 0 fully saturated rings. The van der Waals surface area contributed by atoms with Gasteiger partial charge in [-0.05, 0) is 0 Å². The fourth-order valence-corrected chi connectivity index (χ4v) is 4.37. The van der Waals surface area contributed by atoms with Gasteiger partial charge in [-0.25, -0.2) is 0 Å². The summed E-state index contributed by atoms with van der Waals surface area (Å²) in [6, 6.07) is 28.1. The van der Waals surface area contributed by atoms with E-state index in [1.165, 1.54) is 9.78 Å². The summed E-state index contributed by atoms with van der Waals surface area (Å²) >= 11 is 0.499. The van der Waals surface area contributed by atoms with Crippen molar-refractivity contribution < 1.29 is 5.11 Å². The van der Waals surface area contributed by atoms with Crippen molar-refractivity contribution in [3.05, 3.63) is 96.1 Å². The molecule has 3 rings (SSSR count). The zero-order chi connectivity index (χ0) is 17.3. The van der Waals surface area contributed by atoms with Crippen LogP contribution in [0.5, 0.6) is 5.75 Å². The zero-order valence-electron chi connectivity index (χ0n) is 14.0. The number of aliphatic imine (C=N–C) groups is 1. The van der Waals surface area contributed by atoms with Crippen LogP contribution in [0.25, 0.3) is 0 Å². The molecular formula is C22H21NOSe. The molecule has 126 valence electrons. The summed E-state index contributed by atoms with van der Waals surface area (Å²) in [4.78, 5) is 4.82. The average molecular weight is 394 g/mol. The zero-order valence-corrected chi connectivity index (χ0v) is 15.7. The number of phenols is 1. The van der Waals surface area contributed by atoms with Crippen LogP contribution in [0.1, 0.15) is 17.5 Å². The van der Waals surface area contributed by atoms with E-state index in [0.717, 1.165) is 29.8 Å². The van der Waals surface area contributed by atoms with E-state index in [0.29, 0.717) is 15.0 Å². The molecule has 0 aliphatic carbocycles. The molecule has 0 aliphatic heterocycles. The van der Waals surface area contributed by atoms with Gasteiger partial charge in [-0.2, -0.15) is 0 Å². The molecule has 0 unspecified atom stereocenters. The van der Waals surface area contributed by atoms with Crippen LogP contribution in [-0.4, -0.2) is 32.3 Å². The number of hydrogen-bond acceptors (Lipinski definition) is 2. The molecular weight excluding hydrogens is 373 g/mol. The Morgan fingerprint density at radius 1 is 0.800 bits per heavy atom. The Labute approximate surface area is 155 Å². The van der Waals surface area contributed by atoms with Crippen LogP contribution in [-0.2, 0) is 0 Å². The van der Waals surface area contributed by atoms with Crippen molar-refractivity contribution in [1.82, 2.24) is 0 Å². The van der Waals surface area contributed by atoms with Gasteiger partial charge in [0.15, 0.2) is 0 Å². The SMILES string of the molecule is Oc1ccccc1C(=NCCC[Se]c1ccccc1)c1ccccc1. The third-order valence-electron chi connectivity index (χ3n) is 3.79. The topological polar surface area (TPSA) is 32.6 Å². The summed E-state index contributed by atoms with van der Waals surface area (Å²) in [6.07, 6.45) is 1.05. The molecule has 0 amide bonds. The normalized spacial score (nSPS) is 11.4. The van der Waals surface area contributed by atoms with Gasteiger partial charge in [0.2, 0.25) is 0 Å². The molecule has 3 aromatic carbocycles. The molecule has 2 nitrogen and oxygen atoms in total. The maximum absolute atomic E-state index is 10.2. The molecule has 3 aromatic rings. The van der Waals surface area contributed by atoms with Gasteiger partial charge in [0.1, 0.15) is 0 Å². The van der Waals surface area contributed by atoms with Crippen molar-refractivity contribution in [3.8, 4) is 5.75 Å². The molecule has 0 aromatic heterocycles. The minimum absolute atomic E-state index is 0.276. The van der Waals surface area contributed by atoms with Crippen molar-refractivity contribution in [1.29, 1.82) is 0 Å². The average Bonchev–Trinajstić information content (AvgIpc) is 2.67. The number of phenolic OH excluding ortho intramolecular Hbond substituents is 1. The first-order valence-electron chi connectivity index (χ1n) is 8.40. The summed E-state index contributed by atoms with van der Waals surface area (Å²) in [5.41, 5.74) is 2.70. The standard InChI is InChI=1S/C22H21NOSe/c24-21-15-8-7-14-20(21)22(18-10-3-1-4-11-18)23-16-9-17-25-19-12-5-2-6-13-19/h1-8,10-15,24H,9,16-17H2. The van der Waals surface area contributed by atoms with E-state index in [9.17, 15) is 5.11 Å². The first kappa shape index (κ1) is 17.5. The molecule has 25 heavy (non-hydrogen) atoms. The molecule has 0 saturated carbocycles. The van der Waals surface area contributed by atoms with Crippen LogP contribution >= 0.6 is 0 Å². The van der Waals surface area contributed by atoms with E-state index in [1.807, 2.05) is 48.5 Å². The maximum atomic E-state index is 10.2. The van der Waals surface area contributed by atoms with Gasteiger partial charge in [-0.1, -0.05) is 0 Å². The molecule has 0 bridgehead atoms. The van der Waals surface area contributed by atoms with E-state index in [4.69, 9.17) is 4.99 Å². The van der Waals surface area contributed by atoms with Crippen LogP contribution in [0, 0.1) is 0 Å². The predicted octanol–water partition coefficient (Wildman–Crippen LogP) is 4.07. The van der Waals surface area contributed by atoms with Gasteiger partial charge in [-0.3, -0.25) is 0 Å². The number of nitrogens with zero attached hydrogens (tertiary/aromatic N) is 1. The van der Waals surface area contributed by atoms with Gasteiger partial charge < -0.3 is 0 Å². The molecule has 0 saturated heterocycles. The van der Waals surface area contributed by atoms with Crippen LogP contribution in [0.15, 0.2) is 89.9 Å². The Morgan fingerprint density at radius 2 is 1.44 bits per heavy atom. The van der Waals surface area contributed by atoms with E-state index in [-0.39, 0.29) is 5.75 Å². The molecule has 1 N–H and O–H groups in total. The quantitative estimate of drug-likeness (QED) is 0.366. The Hall–Kier alpha value is -2.35. The monoisotopic (exact) mass is 395 g/mol. The first-order chi connectivity index (χ1) is 12.3. The van der Waals surface area contributed by atoms with Crippen LogP contribution < -0.4 is 4.46 Å². The fraction of sp³-hybridized carbons (Fsp3) is 0.136. The Balaban J connectivity index is 1.69. The Kier molecular flexibility index (Phi) is 6.44. The molecule has 0 aliphatic rings. The summed E-state index contributed by atoms with van der Waals surface area (Å²) in [5.74, 6) is 0.276. The van der Waals surface area contributed by atoms with Crippen LogP contribution in [0.4, 0.5) is 0 Å². The summed E-state index contributed by atoms with van der Waals surface area (Å²) in [6.45, 7) is 0.771. The Morgan fingerprint density at radius 3 is 2.16 bits per heavy atom. The number of benzene rings is 3. The van der Waals surface area contributed by atoms with Crippen LogP contribution in [0.3, 0.4) is 0 Å². The van der Waals surface area contributed by atoms with Crippen molar-refractivity contribution in [3.63, 3.8) is 0 Å². The predicted molar refractivity (Wildman–Crippen MR) is 106 cm³/mol. The van der Waals surface area contributed by atoms with Crippen molar-refractivity contribution in [2.24, 2.45) is 4.99 Å². The number of rotatable bonds is 7. The van der Waals surface area contributed by atoms with Gasteiger partial charge in [0.05, 0.1) is 0 Å². The minimum atomic E-state index is 0.276. The second-order valence-electron chi connectivity index (χ2n) is 5.63. The van der Waals surface area contributed by atoms with Gasteiger partial charge in [0, 0.05) is 0 Å². The van der Waals surface area contributed by atoms with Gasteiger partial charge in [-0.15, -0.1) is 0 Å². The summed E-state index contributed by atoms with van der Waals surface area (Å²) < 4.78 is 1.43. The van der Waals surface area contributed by atoms with Crippen molar-refractivity contribution >= 4 is 25.1 Å². The molecule has 0 heterocycles. The second kappa shape index (κ2) is 9.22. The van der Waals surface area contributed by atoms with Gasteiger partial charge in [0.25, 0.3) is 0 Å². The van der Waals surface area contributed by atoms with E-state index in [2.05, 4.69) is 30.3 Å². The summed E-state index contributed by atoms with van der Waals surface area (Å²) in [7, 11) is 0. The number of hydrogen-bond donors (Lipinski definition) is 1. The van der Waals surface area contributed by atoms with E-state index in [1.54, 1.807) is 6.07 Å². The molecule has 3 heteroatoms. The van der Waals surface area contributed by atoms with Crippen molar-refractivity contribution in [2.45, 2.75) is 11.7 Å². The van der Waals surface area contributed by atoms with E-state index < -0.39 is 0 Å². The Bertz CT molecular complexity index is 816. The number of para-hydroxylation sites is 1. The summed E-state index contributed by atoms with van der Waals surface area (Å²) in [5, 5.41) is 11.4. The van der Waals surface area contributed by atoms with E-state index >= 15 is 0 Å². The van der Waals surface area contributed by atoms with Crippen LogP contribution in [0.2, 0.25) is 5.32 Å². The number of aromatic hydroxyl groups is 1. The molecule has 0 spiro atoms.